The highest BCUT2D eigenvalue weighted by molar-refractivity contribution is 7.98. The van der Waals surface area contributed by atoms with Gasteiger partial charge in [-0.3, -0.25) is 4.79 Å². The van der Waals surface area contributed by atoms with Gasteiger partial charge in [-0.05, 0) is 67.9 Å². The molecule has 0 saturated carbocycles. The molecule has 154 valence electrons. The number of thioether (sulfide) groups is 1. The Labute approximate surface area is 183 Å². The number of nitrogens with one attached hydrogen (secondary N) is 2. The fourth-order valence-corrected chi connectivity index (χ4v) is 4.55. The molecule has 1 amide bonds. The van der Waals surface area contributed by atoms with Crippen LogP contribution >= 0.6 is 24.0 Å². The Morgan fingerprint density at radius 3 is 2.83 bits per heavy atom. The Hall–Kier alpha value is -2.05. The van der Waals surface area contributed by atoms with Gasteiger partial charge in [0, 0.05) is 36.6 Å². The normalized spacial score (nSPS) is 13.6. The molecule has 1 aliphatic rings. The maximum Gasteiger partial charge on any atom is 0.227 e. The molecular weight excluding hydrogens is 398 g/mol. The van der Waals surface area contributed by atoms with E-state index in [2.05, 4.69) is 41.8 Å². The van der Waals surface area contributed by atoms with Crippen LogP contribution in [0.4, 0.5) is 11.4 Å². The quantitative estimate of drug-likeness (QED) is 0.456. The number of carbonyl (C=O) groups excluding carboxylic acids is 1. The topological polar surface area (TPSA) is 44.4 Å². The minimum absolute atomic E-state index is 0.203. The van der Waals surface area contributed by atoms with Crippen molar-refractivity contribution in [3.63, 3.8) is 0 Å². The van der Waals surface area contributed by atoms with Gasteiger partial charge in [-0.1, -0.05) is 35.9 Å². The summed E-state index contributed by atoms with van der Waals surface area (Å²) in [5.74, 6) is 2.34. The van der Waals surface area contributed by atoms with E-state index in [-0.39, 0.29) is 5.91 Å². The highest BCUT2D eigenvalue weighted by Crippen LogP contribution is 2.28. The van der Waals surface area contributed by atoms with Crippen LogP contribution in [0, 0.1) is 13.8 Å². The van der Waals surface area contributed by atoms with Crippen LogP contribution in [0.1, 0.15) is 36.0 Å². The molecule has 29 heavy (non-hydrogen) atoms. The highest BCUT2D eigenvalue weighted by Gasteiger charge is 2.23. The Balaban J connectivity index is 1.39. The maximum atomic E-state index is 12.1. The molecule has 0 radical (unpaired) electrons. The van der Waals surface area contributed by atoms with Crippen LogP contribution in [0.25, 0.3) is 0 Å². The smallest absolute Gasteiger partial charge is 0.227 e. The minimum Gasteiger partial charge on any atom is -0.362 e. The van der Waals surface area contributed by atoms with E-state index in [0.29, 0.717) is 11.5 Å². The van der Waals surface area contributed by atoms with Gasteiger partial charge in [0.1, 0.15) is 0 Å². The number of anilines is 2. The van der Waals surface area contributed by atoms with E-state index >= 15 is 0 Å². The standard InChI is InChI=1S/C23H29N3OS2/c1-17-6-3-7-19(14-17)16-29-13-5-11-24-23(28)25-20-10-9-18(2)21(15-20)26-12-4-8-22(26)27/h3,6-7,9-10,14-15H,4-5,8,11-13,16H2,1-2H3,(H2,24,25,28). The Morgan fingerprint density at radius 1 is 1.21 bits per heavy atom. The summed E-state index contributed by atoms with van der Waals surface area (Å²) >= 11 is 7.38. The van der Waals surface area contributed by atoms with E-state index < -0.39 is 0 Å². The molecule has 1 heterocycles. The average Bonchev–Trinajstić information content (AvgIpc) is 3.12. The van der Waals surface area contributed by atoms with Crippen LogP contribution in [-0.4, -0.2) is 29.9 Å². The van der Waals surface area contributed by atoms with Crippen LogP contribution in [0.15, 0.2) is 42.5 Å². The van der Waals surface area contributed by atoms with Crippen molar-refractivity contribution < 1.29 is 4.79 Å². The SMILES string of the molecule is Cc1cccc(CSCCCNC(=S)Nc2ccc(C)c(N3CCCC3=O)c2)c1. The monoisotopic (exact) mass is 427 g/mol. The van der Waals surface area contributed by atoms with Gasteiger partial charge in [0.15, 0.2) is 5.11 Å². The molecule has 2 aromatic rings. The molecule has 6 heteroatoms. The minimum atomic E-state index is 0.203. The number of benzene rings is 2. The predicted octanol–water partition coefficient (Wildman–Crippen LogP) is 5.04. The molecule has 2 N–H and O–H groups in total. The molecule has 0 bridgehead atoms. The number of aryl methyl sites for hydroxylation is 2. The molecule has 1 saturated heterocycles. The molecule has 0 aliphatic carbocycles. The first-order valence-corrected chi connectivity index (χ1v) is 11.7. The van der Waals surface area contributed by atoms with Crippen molar-refractivity contribution in [1.29, 1.82) is 0 Å². The van der Waals surface area contributed by atoms with Crippen molar-refractivity contribution in [2.24, 2.45) is 0 Å². The number of amides is 1. The van der Waals surface area contributed by atoms with Gasteiger partial charge in [-0.15, -0.1) is 0 Å². The lowest BCUT2D eigenvalue weighted by Gasteiger charge is -2.20. The summed E-state index contributed by atoms with van der Waals surface area (Å²) in [6.07, 6.45) is 2.62. The fraction of sp³-hybridized carbons (Fsp3) is 0.391. The summed E-state index contributed by atoms with van der Waals surface area (Å²) < 4.78 is 0. The van der Waals surface area contributed by atoms with Gasteiger partial charge in [-0.25, -0.2) is 0 Å². The number of carbonyl (C=O) groups is 1. The summed E-state index contributed by atoms with van der Waals surface area (Å²) in [4.78, 5) is 13.9. The largest absolute Gasteiger partial charge is 0.362 e. The van der Waals surface area contributed by atoms with Gasteiger partial charge in [0.05, 0.1) is 0 Å². The van der Waals surface area contributed by atoms with Gasteiger partial charge in [0.2, 0.25) is 5.91 Å². The van der Waals surface area contributed by atoms with Gasteiger partial charge < -0.3 is 15.5 Å². The number of thiocarbonyl (C=S) groups is 1. The molecule has 1 aliphatic heterocycles. The van der Waals surface area contributed by atoms with Crippen molar-refractivity contribution in [1.82, 2.24) is 5.32 Å². The molecule has 0 aromatic heterocycles. The fourth-order valence-electron chi connectivity index (χ4n) is 3.42. The van der Waals surface area contributed by atoms with Crippen molar-refractivity contribution in [2.45, 2.75) is 38.9 Å². The molecular formula is C23H29N3OS2. The molecule has 1 fully saturated rings. The third-order valence-corrected chi connectivity index (χ3v) is 6.29. The van der Waals surface area contributed by atoms with Crippen LogP contribution in [-0.2, 0) is 10.5 Å². The third-order valence-electron chi connectivity index (χ3n) is 4.93. The van der Waals surface area contributed by atoms with Crippen LogP contribution in [0.2, 0.25) is 0 Å². The van der Waals surface area contributed by atoms with E-state index in [1.807, 2.05) is 41.8 Å². The molecule has 0 atom stereocenters. The lowest BCUT2D eigenvalue weighted by Crippen LogP contribution is -2.30. The average molecular weight is 428 g/mol. The van der Waals surface area contributed by atoms with Crippen LogP contribution in [0.3, 0.4) is 0 Å². The summed E-state index contributed by atoms with van der Waals surface area (Å²) in [5.41, 5.74) is 5.70. The molecule has 2 aromatic carbocycles. The first-order chi connectivity index (χ1) is 14.0. The molecule has 4 nitrogen and oxygen atoms in total. The van der Waals surface area contributed by atoms with E-state index in [9.17, 15) is 4.79 Å². The van der Waals surface area contributed by atoms with Gasteiger partial charge in [0.25, 0.3) is 0 Å². The zero-order chi connectivity index (χ0) is 20.6. The summed E-state index contributed by atoms with van der Waals surface area (Å²) in [6.45, 7) is 5.81. The predicted molar refractivity (Wildman–Crippen MR) is 129 cm³/mol. The Kier molecular flexibility index (Phi) is 7.95. The second-order valence-corrected chi connectivity index (χ2v) is 8.94. The van der Waals surface area contributed by atoms with Crippen molar-refractivity contribution in [3.8, 4) is 0 Å². The van der Waals surface area contributed by atoms with Crippen LogP contribution in [0.5, 0.6) is 0 Å². The molecule has 0 spiro atoms. The lowest BCUT2D eigenvalue weighted by atomic mass is 10.1. The van der Waals surface area contributed by atoms with E-state index in [4.69, 9.17) is 12.2 Å². The Bertz CT molecular complexity index is 869. The third kappa shape index (κ3) is 6.47. The second kappa shape index (κ2) is 10.6. The molecule has 3 rings (SSSR count). The highest BCUT2D eigenvalue weighted by atomic mass is 32.2. The summed E-state index contributed by atoms with van der Waals surface area (Å²) in [6, 6.07) is 14.7. The van der Waals surface area contributed by atoms with Gasteiger partial charge in [-0.2, -0.15) is 11.8 Å². The number of hydrogen-bond acceptors (Lipinski definition) is 3. The number of nitrogens with zero attached hydrogens (tertiary/aromatic N) is 1. The first-order valence-electron chi connectivity index (χ1n) is 10.1. The maximum absolute atomic E-state index is 12.1. The Morgan fingerprint density at radius 2 is 2.07 bits per heavy atom. The summed E-state index contributed by atoms with van der Waals surface area (Å²) in [7, 11) is 0. The first kappa shape index (κ1) is 21.7. The van der Waals surface area contributed by atoms with Gasteiger partial charge >= 0.3 is 0 Å². The summed E-state index contributed by atoms with van der Waals surface area (Å²) in [5, 5.41) is 7.15. The van der Waals surface area contributed by atoms with E-state index in [1.54, 1.807) is 0 Å². The lowest BCUT2D eigenvalue weighted by molar-refractivity contribution is -0.117. The molecule has 0 unspecified atom stereocenters. The van der Waals surface area contributed by atoms with E-state index in [0.717, 1.165) is 54.4 Å². The van der Waals surface area contributed by atoms with Crippen LogP contribution < -0.4 is 15.5 Å². The van der Waals surface area contributed by atoms with E-state index in [1.165, 1.54) is 11.1 Å². The van der Waals surface area contributed by atoms with Crippen molar-refractivity contribution >= 4 is 46.4 Å². The number of rotatable bonds is 8. The van der Waals surface area contributed by atoms with Crippen molar-refractivity contribution in [3.05, 3.63) is 59.2 Å². The second-order valence-electron chi connectivity index (χ2n) is 7.43. The zero-order valence-corrected chi connectivity index (χ0v) is 18.8. The van der Waals surface area contributed by atoms with Crippen molar-refractivity contribution in [2.75, 3.05) is 29.1 Å². The zero-order valence-electron chi connectivity index (χ0n) is 17.2. The number of hydrogen-bond donors (Lipinski definition) is 2.